The van der Waals surface area contributed by atoms with Crippen molar-refractivity contribution in [3.8, 4) is 5.69 Å². The van der Waals surface area contributed by atoms with Crippen LogP contribution in [0.15, 0.2) is 18.2 Å². The van der Waals surface area contributed by atoms with Crippen LogP contribution in [0.25, 0.3) is 16.9 Å². The fraction of sp³-hybridized carbons (Fsp3) is 0.286. The molecule has 0 amide bonds. The van der Waals surface area contributed by atoms with Crippen LogP contribution in [0.4, 0.5) is 8.78 Å². The van der Waals surface area contributed by atoms with Crippen LogP contribution < -0.4 is 0 Å². The maximum absolute atomic E-state index is 14.1. The minimum Gasteiger partial charge on any atom is -0.274 e. The van der Waals surface area contributed by atoms with E-state index in [0.717, 1.165) is 5.69 Å². The molecular weight excluding hydrogens is 298 g/mol. The van der Waals surface area contributed by atoms with E-state index < -0.39 is 11.6 Å². The van der Waals surface area contributed by atoms with Gasteiger partial charge >= 0.3 is 0 Å². The van der Waals surface area contributed by atoms with Crippen molar-refractivity contribution in [2.24, 2.45) is 7.05 Å². The number of fused-ring (bicyclic) bond motifs is 1. The molecule has 0 unspecified atom stereocenters. The molecule has 2 heterocycles. The van der Waals surface area contributed by atoms with Crippen molar-refractivity contribution in [1.29, 1.82) is 0 Å². The van der Waals surface area contributed by atoms with Gasteiger partial charge in [-0.05, 0) is 18.6 Å². The first kappa shape index (κ1) is 14.0. The van der Waals surface area contributed by atoms with Gasteiger partial charge in [0.25, 0.3) is 0 Å². The van der Waals surface area contributed by atoms with E-state index in [4.69, 9.17) is 11.6 Å². The smallest absolute Gasteiger partial charge is 0.163 e. The minimum absolute atomic E-state index is 0.0472. The van der Waals surface area contributed by atoms with Gasteiger partial charge in [0.2, 0.25) is 0 Å². The Balaban J connectivity index is 2.44. The van der Waals surface area contributed by atoms with Crippen molar-refractivity contribution in [1.82, 2.24) is 19.3 Å². The van der Waals surface area contributed by atoms with Gasteiger partial charge in [-0.2, -0.15) is 5.10 Å². The largest absolute Gasteiger partial charge is 0.274 e. The molecule has 1 aromatic carbocycles. The van der Waals surface area contributed by atoms with Crippen molar-refractivity contribution < 1.29 is 8.78 Å². The third kappa shape index (κ3) is 2.01. The maximum atomic E-state index is 14.1. The Morgan fingerprint density at radius 2 is 1.90 bits per heavy atom. The minimum atomic E-state index is -0.667. The molecule has 0 aliphatic heterocycles. The van der Waals surface area contributed by atoms with E-state index in [-0.39, 0.29) is 11.6 Å². The maximum Gasteiger partial charge on any atom is 0.163 e. The number of nitrogens with zero attached hydrogens (tertiary/aromatic N) is 4. The second-order valence-corrected chi connectivity index (χ2v) is 4.93. The zero-order chi connectivity index (χ0) is 15.1. The van der Waals surface area contributed by atoms with Crippen LogP contribution in [0, 0.1) is 11.6 Å². The third-order valence-electron chi connectivity index (χ3n) is 3.39. The molecule has 0 atom stereocenters. The van der Waals surface area contributed by atoms with Crippen LogP contribution in [-0.2, 0) is 19.3 Å². The van der Waals surface area contributed by atoms with E-state index in [2.05, 4.69) is 10.1 Å². The average Bonchev–Trinajstić information content (AvgIpc) is 2.97. The van der Waals surface area contributed by atoms with Crippen LogP contribution in [-0.4, -0.2) is 19.3 Å². The van der Waals surface area contributed by atoms with Gasteiger partial charge in [-0.25, -0.2) is 18.4 Å². The molecule has 0 N–H and O–H groups in total. The Kier molecular flexibility index (Phi) is 3.41. The first-order valence-corrected chi connectivity index (χ1v) is 7.05. The first-order chi connectivity index (χ1) is 10.1. The normalized spacial score (nSPS) is 11.5. The van der Waals surface area contributed by atoms with Gasteiger partial charge in [-0.1, -0.05) is 13.0 Å². The Bertz CT molecular complexity index is 802. The molecule has 0 aliphatic carbocycles. The Morgan fingerprint density at radius 3 is 2.48 bits per heavy atom. The number of hydrogen-bond donors (Lipinski definition) is 0. The van der Waals surface area contributed by atoms with E-state index in [1.165, 1.54) is 22.8 Å². The van der Waals surface area contributed by atoms with Gasteiger partial charge in [-0.3, -0.25) is 4.57 Å². The lowest BCUT2D eigenvalue weighted by Crippen LogP contribution is -2.08. The average molecular weight is 311 g/mol. The number of imidazole rings is 1. The van der Waals surface area contributed by atoms with E-state index in [0.29, 0.717) is 23.4 Å². The van der Waals surface area contributed by atoms with E-state index in [9.17, 15) is 8.78 Å². The predicted octanol–water partition coefficient (Wildman–Crippen LogP) is 3.34. The fourth-order valence-electron chi connectivity index (χ4n) is 2.49. The molecule has 0 saturated heterocycles. The summed E-state index contributed by atoms with van der Waals surface area (Å²) in [6, 6.07) is 3.74. The molecule has 4 nitrogen and oxygen atoms in total. The second-order valence-electron chi connectivity index (χ2n) is 4.66. The number of halogens is 3. The van der Waals surface area contributed by atoms with Crippen LogP contribution >= 0.6 is 11.6 Å². The molecule has 0 bridgehead atoms. The fourth-order valence-corrected chi connectivity index (χ4v) is 2.67. The van der Waals surface area contributed by atoms with E-state index in [1.807, 2.05) is 6.92 Å². The molecule has 0 spiro atoms. The summed E-state index contributed by atoms with van der Waals surface area (Å²) >= 11 is 5.91. The van der Waals surface area contributed by atoms with Crippen LogP contribution in [0.2, 0.25) is 0 Å². The highest BCUT2D eigenvalue weighted by Crippen LogP contribution is 2.28. The molecule has 3 rings (SSSR count). The Labute approximate surface area is 125 Å². The van der Waals surface area contributed by atoms with Gasteiger partial charge in [-0.15, -0.1) is 11.6 Å². The highest BCUT2D eigenvalue weighted by Gasteiger charge is 2.23. The number of aromatic nitrogens is 4. The first-order valence-electron chi connectivity index (χ1n) is 6.52. The van der Waals surface area contributed by atoms with Gasteiger partial charge in [0.15, 0.2) is 5.65 Å². The third-order valence-corrected chi connectivity index (χ3v) is 3.63. The standard InChI is InChI=1S/C14H13ClF2N4/c1-3-10-12-14(20(2)19-10)21(11(7-15)18-12)13-8(16)5-4-6-9(13)17/h4-6H,3,7H2,1-2H3. The molecule has 0 saturated carbocycles. The summed E-state index contributed by atoms with van der Waals surface area (Å²) in [7, 11) is 1.72. The molecular formula is C14H13ClF2N4. The zero-order valence-electron chi connectivity index (χ0n) is 11.6. The summed E-state index contributed by atoms with van der Waals surface area (Å²) in [6.07, 6.45) is 0.676. The Hall–Kier alpha value is -1.95. The van der Waals surface area contributed by atoms with Crippen molar-refractivity contribution in [2.45, 2.75) is 19.2 Å². The summed E-state index contributed by atoms with van der Waals surface area (Å²) in [6.45, 7) is 1.95. The van der Waals surface area contributed by atoms with Crippen molar-refractivity contribution in [2.75, 3.05) is 0 Å². The SMILES string of the molecule is CCc1nn(C)c2c1nc(CCl)n2-c1c(F)cccc1F. The summed E-state index contributed by atoms with van der Waals surface area (Å²) in [5, 5.41) is 4.33. The van der Waals surface area contributed by atoms with Gasteiger partial charge < -0.3 is 0 Å². The highest BCUT2D eigenvalue weighted by molar-refractivity contribution is 6.17. The number of alkyl halides is 1. The summed E-state index contributed by atoms with van der Waals surface area (Å²) in [4.78, 5) is 4.40. The van der Waals surface area contributed by atoms with Crippen molar-refractivity contribution in [3.63, 3.8) is 0 Å². The van der Waals surface area contributed by atoms with Crippen molar-refractivity contribution >= 4 is 22.8 Å². The summed E-state index contributed by atoms with van der Waals surface area (Å²) in [5.74, 6) is -0.899. The number of para-hydroxylation sites is 1. The number of hydrogen-bond acceptors (Lipinski definition) is 2. The molecule has 21 heavy (non-hydrogen) atoms. The number of benzene rings is 1. The summed E-state index contributed by atoms with van der Waals surface area (Å²) in [5.41, 5.74) is 1.75. The lowest BCUT2D eigenvalue weighted by molar-refractivity contribution is 0.566. The van der Waals surface area contributed by atoms with E-state index in [1.54, 1.807) is 11.7 Å². The monoisotopic (exact) mass is 310 g/mol. The van der Waals surface area contributed by atoms with Crippen LogP contribution in [0.3, 0.4) is 0 Å². The molecule has 2 aromatic heterocycles. The summed E-state index contributed by atoms with van der Waals surface area (Å²) < 4.78 is 31.2. The molecule has 3 aromatic rings. The quantitative estimate of drug-likeness (QED) is 0.696. The second kappa shape index (κ2) is 5.11. The van der Waals surface area contributed by atoms with Crippen molar-refractivity contribution in [3.05, 3.63) is 41.4 Å². The van der Waals surface area contributed by atoms with Crippen LogP contribution in [0.5, 0.6) is 0 Å². The molecule has 0 radical (unpaired) electrons. The van der Waals surface area contributed by atoms with Gasteiger partial charge in [0.1, 0.15) is 28.7 Å². The van der Waals surface area contributed by atoms with E-state index >= 15 is 0 Å². The molecule has 110 valence electrons. The lowest BCUT2D eigenvalue weighted by Gasteiger charge is -2.10. The molecule has 0 fully saturated rings. The number of aryl methyl sites for hydroxylation is 2. The predicted molar refractivity (Wildman–Crippen MR) is 76.7 cm³/mol. The zero-order valence-corrected chi connectivity index (χ0v) is 12.3. The molecule has 0 aliphatic rings. The lowest BCUT2D eigenvalue weighted by atomic mass is 10.2. The highest BCUT2D eigenvalue weighted by atomic mass is 35.5. The Morgan fingerprint density at radius 1 is 1.24 bits per heavy atom. The topological polar surface area (TPSA) is 35.6 Å². The van der Waals surface area contributed by atoms with Gasteiger partial charge in [0.05, 0.1) is 11.6 Å². The molecule has 7 heteroatoms. The number of rotatable bonds is 3. The van der Waals surface area contributed by atoms with Crippen LogP contribution in [0.1, 0.15) is 18.4 Å². The van der Waals surface area contributed by atoms with Gasteiger partial charge in [0, 0.05) is 7.05 Å².